The molecule has 1 aromatic heterocycles. The molecule has 68 valence electrons. The fraction of sp³-hybridized carbons (Fsp3) is 0.400. The van der Waals surface area contributed by atoms with E-state index in [4.69, 9.17) is 6.11 Å². The normalized spacial score (nSPS) is 26.6. The summed E-state index contributed by atoms with van der Waals surface area (Å²) in [7, 11) is 0. The zero-order chi connectivity index (χ0) is 10.3. The third kappa shape index (κ3) is 1.03. The Balaban J connectivity index is 2.62. The van der Waals surface area contributed by atoms with Gasteiger partial charge in [-0.05, 0) is 25.5 Å². The van der Waals surface area contributed by atoms with E-state index in [2.05, 4.69) is 4.98 Å². The van der Waals surface area contributed by atoms with E-state index in [1.54, 1.807) is 6.07 Å². The number of fused-ring (bicyclic) bond motifs is 1. The minimum atomic E-state index is -0.649. The molecule has 0 amide bonds. The number of nitrogens with zero attached hydrogens (tertiary/aromatic N) is 1. The molecular weight excluding hydrogens is 166 g/mol. The molecule has 0 fully saturated rings. The molecule has 1 aliphatic rings. The fourth-order valence-corrected chi connectivity index (χ4v) is 1.48. The van der Waals surface area contributed by atoms with Crippen molar-refractivity contribution in [3.8, 4) is 0 Å². The first-order valence-electron chi connectivity index (χ1n) is 4.78. The van der Waals surface area contributed by atoms with Gasteiger partial charge in [-0.3, -0.25) is 4.98 Å². The number of esters is 1. The van der Waals surface area contributed by atoms with E-state index >= 15 is 0 Å². The monoisotopic (exact) mass is 178 g/mol. The zero-order valence-electron chi connectivity index (χ0n) is 8.63. The third-order valence-corrected chi connectivity index (χ3v) is 2.47. The highest BCUT2D eigenvalue weighted by molar-refractivity contribution is 5.93. The van der Waals surface area contributed by atoms with Gasteiger partial charge in [0.15, 0.2) is 5.60 Å². The molecule has 13 heavy (non-hydrogen) atoms. The van der Waals surface area contributed by atoms with Crippen LogP contribution in [0, 0.1) is 0 Å². The number of aromatic nitrogens is 1. The molecule has 0 saturated heterocycles. The third-order valence-electron chi connectivity index (χ3n) is 2.47. The average molecular weight is 178 g/mol. The first kappa shape index (κ1) is 7.06. The lowest BCUT2D eigenvalue weighted by atomic mass is 9.97. The second kappa shape index (κ2) is 2.55. The van der Waals surface area contributed by atoms with Gasteiger partial charge in [0.1, 0.15) is 0 Å². The van der Waals surface area contributed by atoms with E-state index in [0.717, 1.165) is 0 Å². The lowest BCUT2D eigenvalue weighted by Gasteiger charge is -2.20. The van der Waals surface area contributed by atoms with Gasteiger partial charge in [-0.15, -0.1) is 0 Å². The van der Waals surface area contributed by atoms with Crippen LogP contribution < -0.4 is 0 Å². The van der Waals surface area contributed by atoms with Crippen LogP contribution in [0.4, 0.5) is 0 Å². The van der Waals surface area contributed by atoms with Crippen LogP contribution >= 0.6 is 0 Å². The van der Waals surface area contributed by atoms with Gasteiger partial charge in [0.25, 0.3) is 0 Å². The Morgan fingerprint density at radius 1 is 1.77 bits per heavy atom. The molecule has 0 saturated carbocycles. The second-order valence-electron chi connectivity index (χ2n) is 3.31. The van der Waals surface area contributed by atoms with Gasteiger partial charge in [0, 0.05) is 6.17 Å². The lowest BCUT2D eigenvalue weighted by Crippen LogP contribution is -2.21. The average Bonchev–Trinajstić information content (AvgIpc) is 2.40. The number of hydrogen-bond acceptors (Lipinski definition) is 3. The van der Waals surface area contributed by atoms with Crippen LogP contribution in [0.25, 0.3) is 0 Å². The number of rotatable bonds is 1. The van der Waals surface area contributed by atoms with Crippen LogP contribution in [0.3, 0.4) is 0 Å². The Kier molecular flexibility index (Phi) is 1.39. The molecule has 0 aromatic carbocycles. The van der Waals surface area contributed by atoms with Gasteiger partial charge in [-0.2, -0.15) is 0 Å². The predicted octanol–water partition coefficient (Wildman–Crippen LogP) is 1.88. The van der Waals surface area contributed by atoms with Crippen molar-refractivity contribution >= 4 is 5.97 Å². The molecule has 3 nitrogen and oxygen atoms in total. The summed E-state index contributed by atoms with van der Waals surface area (Å²) in [6.45, 7) is 3.75. The Bertz CT molecular complexity index is 405. The van der Waals surface area contributed by atoms with Gasteiger partial charge in [-0.1, -0.05) is 6.92 Å². The van der Waals surface area contributed by atoms with Crippen molar-refractivity contribution in [2.45, 2.75) is 25.9 Å². The molecule has 3 heteroatoms. The van der Waals surface area contributed by atoms with Crippen LogP contribution in [0.15, 0.2) is 18.3 Å². The SMILES string of the molecule is [2H]c1ccc2c(n1)[C@](C)(CC)OC2=O. The summed E-state index contributed by atoms with van der Waals surface area (Å²) in [4.78, 5) is 15.5. The molecule has 2 rings (SSSR count). The maximum Gasteiger partial charge on any atom is 0.341 e. The molecule has 0 radical (unpaired) electrons. The molecule has 2 heterocycles. The number of hydrogen-bond donors (Lipinski definition) is 0. The highest BCUT2D eigenvalue weighted by Crippen LogP contribution is 2.36. The standard InChI is InChI=1S/C10H11NO2/c1-3-10(2)8-7(9(12)13-10)5-4-6-11-8/h4-6H,3H2,1-2H3/t10-/m0/s1/i6D. The van der Waals surface area contributed by atoms with E-state index in [-0.39, 0.29) is 12.1 Å². The van der Waals surface area contributed by atoms with Crippen LogP contribution in [-0.2, 0) is 10.3 Å². The largest absolute Gasteiger partial charge is 0.449 e. The highest BCUT2D eigenvalue weighted by atomic mass is 16.6. The first-order chi connectivity index (χ1) is 6.57. The minimum Gasteiger partial charge on any atom is -0.449 e. The minimum absolute atomic E-state index is 0.168. The Morgan fingerprint density at radius 3 is 3.23 bits per heavy atom. The Morgan fingerprint density at radius 2 is 2.54 bits per heavy atom. The molecule has 0 spiro atoms. The topological polar surface area (TPSA) is 39.2 Å². The van der Waals surface area contributed by atoms with E-state index in [9.17, 15) is 4.79 Å². The van der Waals surface area contributed by atoms with Crippen molar-refractivity contribution < 1.29 is 10.9 Å². The van der Waals surface area contributed by atoms with E-state index < -0.39 is 5.60 Å². The summed E-state index contributed by atoms with van der Waals surface area (Å²) in [6, 6.07) is 3.11. The summed E-state index contributed by atoms with van der Waals surface area (Å²) >= 11 is 0. The molecule has 1 aromatic rings. The molecule has 1 atom stereocenters. The fourth-order valence-electron chi connectivity index (χ4n) is 1.48. The smallest absolute Gasteiger partial charge is 0.341 e. The quantitative estimate of drug-likeness (QED) is 0.616. The van der Waals surface area contributed by atoms with Crippen molar-refractivity contribution in [2.24, 2.45) is 0 Å². The first-order valence-corrected chi connectivity index (χ1v) is 4.28. The summed E-state index contributed by atoms with van der Waals surface area (Å²) in [6.07, 6.45) is 0.837. The molecule has 0 aliphatic carbocycles. The van der Waals surface area contributed by atoms with Crippen molar-refractivity contribution in [1.82, 2.24) is 4.98 Å². The van der Waals surface area contributed by atoms with Gasteiger partial charge in [0.2, 0.25) is 0 Å². The Labute approximate surface area is 78.1 Å². The number of carbonyl (C=O) groups is 1. The number of cyclic esters (lactones) is 1. The lowest BCUT2D eigenvalue weighted by molar-refractivity contribution is -0.00223. The van der Waals surface area contributed by atoms with Crippen molar-refractivity contribution in [2.75, 3.05) is 0 Å². The van der Waals surface area contributed by atoms with Crippen LogP contribution in [-0.4, -0.2) is 11.0 Å². The maximum absolute atomic E-state index is 11.4. The summed E-state index contributed by atoms with van der Waals surface area (Å²) < 4.78 is 12.6. The molecule has 0 bridgehead atoms. The highest BCUT2D eigenvalue weighted by Gasteiger charge is 2.41. The van der Waals surface area contributed by atoms with E-state index in [1.807, 2.05) is 13.8 Å². The van der Waals surface area contributed by atoms with Crippen molar-refractivity contribution in [1.29, 1.82) is 0 Å². The molecule has 0 unspecified atom stereocenters. The zero-order valence-corrected chi connectivity index (χ0v) is 7.63. The van der Waals surface area contributed by atoms with Gasteiger partial charge < -0.3 is 4.74 Å². The summed E-state index contributed by atoms with van der Waals surface area (Å²) in [5.74, 6) is -0.336. The number of pyridine rings is 1. The maximum atomic E-state index is 11.4. The second-order valence-corrected chi connectivity index (χ2v) is 3.31. The van der Waals surface area contributed by atoms with Crippen molar-refractivity contribution in [3.63, 3.8) is 0 Å². The van der Waals surface area contributed by atoms with E-state index in [1.165, 1.54) is 6.07 Å². The molecule has 1 aliphatic heterocycles. The summed E-state index contributed by atoms with van der Waals surface area (Å²) in [5.41, 5.74) is 0.437. The van der Waals surface area contributed by atoms with Gasteiger partial charge in [0.05, 0.1) is 12.6 Å². The molecule has 0 N–H and O–H groups in total. The van der Waals surface area contributed by atoms with E-state index in [0.29, 0.717) is 17.7 Å². The number of carbonyl (C=O) groups excluding carboxylic acids is 1. The van der Waals surface area contributed by atoms with Gasteiger partial charge >= 0.3 is 5.97 Å². The predicted molar refractivity (Wildman–Crippen MR) is 47.3 cm³/mol. The van der Waals surface area contributed by atoms with Crippen LogP contribution in [0.5, 0.6) is 0 Å². The van der Waals surface area contributed by atoms with Crippen LogP contribution in [0.2, 0.25) is 0 Å². The Hall–Kier alpha value is -1.38. The summed E-state index contributed by atoms with van der Waals surface area (Å²) in [5, 5.41) is 0. The van der Waals surface area contributed by atoms with Gasteiger partial charge in [-0.25, -0.2) is 4.79 Å². The van der Waals surface area contributed by atoms with Crippen molar-refractivity contribution in [3.05, 3.63) is 29.6 Å². The molecular formula is C10H11NO2. The van der Waals surface area contributed by atoms with Crippen LogP contribution in [0.1, 0.15) is 37.7 Å². The number of ether oxygens (including phenoxy) is 1.